The van der Waals surface area contributed by atoms with E-state index in [0.29, 0.717) is 19.4 Å². The van der Waals surface area contributed by atoms with Gasteiger partial charge in [0.1, 0.15) is 5.75 Å². The predicted molar refractivity (Wildman–Crippen MR) is 85.6 cm³/mol. The second kappa shape index (κ2) is 6.08. The normalized spacial score (nSPS) is 13.6. The van der Waals surface area contributed by atoms with Gasteiger partial charge in [-0.15, -0.1) is 0 Å². The average molecular weight is 312 g/mol. The fourth-order valence-corrected chi connectivity index (χ4v) is 2.79. The Morgan fingerprint density at radius 3 is 2.78 bits per heavy atom. The van der Waals surface area contributed by atoms with Crippen molar-refractivity contribution in [2.45, 2.75) is 19.4 Å². The summed E-state index contributed by atoms with van der Waals surface area (Å²) in [6, 6.07) is 12.2. The average Bonchev–Trinajstić information content (AvgIpc) is 2.57. The third-order valence-corrected chi connectivity index (χ3v) is 3.95. The largest absolute Gasteiger partial charge is 0.497 e. The number of carbonyl (C=O) groups excluding carboxylic acids is 1. The highest BCUT2D eigenvalue weighted by molar-refractivity contribution is 5.96. The summed E-state index contributed by atoms with van der Waals surface area (Å²) in [5.74, 6) is 0.755. The molecule has 2 aromatic carbocycles. The van der Waals surface area contributed by atoms with Crippen LogP contribution in [0.1, 0.15) is 17.5 Å². The molecule has 0 saturated carbocycles. The van der Waals surface area contributed by atoms with Gasteiger partial charge >= 0.3 is 0 Å². The number of nitro benzene ring substituents is 1. The number of amides is 1. The van der Waals surface area contributed by atoms with E-state index >= 15 is 0 Å². The summed E-state index contributed by atoms with van der Waals surface area (Å²) in [6.07, 6.45) is 0.891. The molecule has 0 atom stereocenters. The van der Waals surface area contributed by atoms with Crippen LogP contribution in [0.3, 0.4) is 0 Å². The van der Waals surface area contributed by atoms with Crippen LogP contribution in [0.25, 0.3) is 0 Å². The molecule has 0 aliphatic carbocycles. The van der Waals surface area contributed by atoms with Crippen LogP contribution in [0.4, 0.5) is 11.4 Å². The van der Waals surface area contributed by atoms with Gasteiger partial charge in [-0.05, 0) is 35.7 Å². The van der Waals surface area contributed by atoms with Gasteiger partial charge in [-0.2, -0.15) is 0 Å². The molecule has 0 aromatic heterocycles. The van der Waals surface area contributed by atoms with Gasteiger partial charge in [-0.3, -0.25) is 14.9 Å². The third-order valence-electron chi connectivity index (χ3n) is 3.95. The van der Waals surface area contributed by atoms with Crippen LogP contribution in [0, 0.1) is 10.1 Å². The number of nitrogens with zero attached hydrogens (tertiary/aromatic N) is 2. The first-order valence-electron chi connectivity index (χ1n) is 7.29. The molecular weight excluding hydrogens is 296 g/mol. The number of non-ortho nitro benzene ring substituents is 1. The molecule has 3 rings (SSSR count). The zero-order valence-corrected chi connectivity index (χ0v) is 12.7. The molecule has 0 saturated heterocycles. The minimum absolute atomic E-state index is 0.0224. The van der Waals surface area contributed by atoms with Crippen LogP contribution in [-0.4, -0.2) is 17.9 Å². The van der Waals surface area contributed by atoms with E-state index in [9.17, 15) is 14.9 Å². The Hall–Kier alpha value is -2.89. The summed E-state index contributed by atoms with van der Waals surface area (Å²) < 4.78 is 5.20. The predicted octanol–water partition coefficient (Wildman–Crippen LogP) is 3.08. The Kier molecular flexibility index (Phi) is 3.97. The van der Waals surface area contributed by atoms with Crippen molar-refractivity contribution in [1.29, 1.82) is 0 Å². The summed E-state index contributed by atoms with van der Waals surface area (Å²) in [5, 5.41) is 10.9. The fourth-order valence-electron chi connectivity index (χ4n) is 2.79. The quantitative estimate of drug-likeness (QED) is 0.642. The van der Waals surface area contributed by atoms with Crippen molar-refractivity contribution in [2.75, 3.05) is 12.0 Å². The third kappa shape index (κ3) is 3.01. The van der Waals surface area contributed by atoms with Crippen LogP contribution in [0.5, 0.6) is 5.75 Å². The first-order chi connectivity index (χ1) is 11.1. The summed E-state index contributed by atoms with van der Waals surface area (Å²) in [6.45, 7) is 0.418. The summed E-state index contributed by atoms with van der Waals surface area (Å²) in [4.78, 5) is 24.5. The highest BCUT2D eigenvalue weighted by Gasteiger charge is 2.25. The number of aryl methyl sites for hydroxylation is 1. The maximum absolute atomic E-state index is 12.3. The fraction of sp³-hybridized carbons (Fsp3) is 0.235. The Balaban J connectivity index is 1.93. The van der Waals surface area contributed by atoms with E-state index in [1.807, 2.05) is 24.3 Å². The van der Waals surface area contributed by atoms with E-state index < -0.39 is 4.92 Å². The topological polar surface area (TPSA) is 72.7 Å². The zero-order chi connectivity index (χ0) is 16.4. The van der Waals surface area contributed by atoms with E-state index in [1.54, 1.807) is 24.1 Å². The molecule has 1 amide bonds. The molecule has 1 aliphatic rings. The Labute approximate surface area is 133 Å². The van der Waals surface area contributed by atoms with Gasteiger partial charge in [0.15, 0.2) is 0 Å². The first kappa shape index (κ1) is 15.0. The van der Waals surface area contributed by atoms with Gasteiger partial charge in [0.2, 0.25) is 5.91 Å². The molecule has 118 valence electrons. The molecule has 0 spiro atoms. The molecule has 1 heterocycles. The number of fused-ring (bicyclic) bond motifs is 1. The number of anilines is 1. The first-order valence-corrected chi connectivity index (χ1v) is 7.29. The molecule has 6 nitrogen and oxygen atoms in total. The number of rotatable bonds is 4. The van der Waals surface area contributed by atoms with Gasteiger partial charge in [0.25, 0.3) is 5.69 Å². The van der Waals surface area contributed by atoms with Gasteiger partial charge in [-0.25, -0.2) is 0 Å². The number of hydrogen-bond donors (Lipinski definition) is 0. The lowest BCUT2D eigenvalue weighted by molar-refractivity contribution is -0.384. The van der Waals surface area contributed by atoms with Crippen molar-refractivity contribution in [1.82, 2.24) is 0 Å². The van der Waals surface area contributed by atoms with Crippen LogP contribution < -0.4 is 9.64 Å². The highest BCUT2D eigenvalue weighted by atomic mass is 16.6. The monoisotopic (exact) mass is 312 g/mol. The lowest BCUT2D eigenvalue weighted by atomic mass is 9.99. The van der Waals surface area contributed by atoms with E-state index in [4.69, 9.17) is 4.74 Å². The van der Waals surface area contributed by atoms with Crippen molar-refractivity contribution in [3.8, 4) is 5.75 Å². The lowest BCUT2D eigenvalue weighted by Crippen LogP contribution is -2.34. The van der Waals surface area contributed by atoms with E-state index in [-0.39, 0.29) is 11.6 Å². The second-order valence-electron chi connectivity index (χ2n) is 5.40. The molecule has 0 fully saturated rings. The smallest absolute Gasteiger partial charge is 0.269 e. The van der Waals surface area contributed by atoms with Crippen molar-refractivity contribution >= 4 is 17.3 Å². The highest BCUT2D eigenvalue weighted by Crippen LogP contribution is 2.32. The molecular formula is C17H16N2O4. The summed E-state index contributed by atoms with van der Waals surface area (Å²) >= 11 is 0. The Morgan fingerprint density at radius 2 is 2.04 bits per heavy atom. The van der Waals surface area contributed by atoms with E-state index in [1.165, 1.54) is 6.07 Å². The van der Waals surface area contributed by atoms with Crippen LogP contribution in [-0.2, 0) is 17.8 Å². The lowest BCUT2D eigenvalue weighted by Gasteiger charge is -2.29. The van der Waals surface area contributed by atoms with Gasteiger partial charge in [0, 0.05) is 24.2 Å². The molecule has 0 bridgehead atoms. The summed E-state index contributed by atoms with van der Waals surface area (Å²) in [7, 11) is 1.60. The molecule has 2 aromatic rings. The van der Waals surface area contributed by atoms with Gasteiger partial charge in [-0.1, -0.05) is 12.1 Å². The van der Waals surface area contributed by atoms with E-state index in [0.717, 1.165) is 22.6 Å². The molecule has 1 aliphatic heterocycles. The van der Waals surface area contributed by atoms with Crippen molar-refractivity contribution < 1.29 is 14.5 Å². The maximum atomic E-state index is 12.3. The standard InChI is InChI=1S/C17H16N2O4/c1-23-15-4-2-3-12(9-15)11-18-16-7-6-14(19(21)22)10-13(16)5-8-17(18)20/h2-4,6-7,9-10H,5,8,11H2,1H3. The minimum atomic E-state index is -0.414. The Bertz CT molecular complexity index is 773. The van der Waals surface area contributed by atoms with Crippen LogP contribution >= 0.6 is 0 Å². The number of nitro groups is 1. The van der Waals surface area contributed by atoms with Crippen molar-refractivity contribution in [3.05, 3.63) is 63.7 Å². The molecule has 0 radical (unpaired) electrons. The number of carbonyl (C=O) groups is 1. The number of ether oxygens (including phenoxy) is 1. The van der Waals surface area contributed by atoms with E-state index in [2.05, 4.69) is 0 Å². The van der Waals surface area contributed by atoms with Gasteiger partial charge < -0.3 is 9.64 Å². The number of methoxy groups -OCH3 is 1. The number of hydrogen-bond acceptors (Lipinski definition) is 4. The summed E-state index contributed by atoms with van der Waals surface area (Å²) in [5.41, 5.74) is 2.58. The SMILES string of the molecule is COc1cccc(CN2C(=O)CCc3cc([N+](=O)[O-])ccc32)c1. The zero-order valence-electron chi connectivity index (χ0n) is 12.7. The van der Waals surface area contributed by atoms with Crippen molar-refractivity contribution in [2.24, 2.45) is 0 Å². The number of benzene rings is 2. The molecule has 0 N–H and O–H groups in total. The minimum Gasteiger partial charge on any atom is -0.497 e. The van der Waals surface area contributed by atoms with Crippen LogP contribution in [0.2, 0.25) is 0 Å². The van der Waals surface area contributed by atoms with Crippen LogP contribution in [0.15, 0.2) is 42.5 Å². The molecule has 0 unspecified atom stereocenters. The van der Waals surface area contributed by atoms with Gasteiger partial charge in [0.05, 0.1) is 18.6 Å². The molecule has 23 heavy (non-hydrogen) atoms. The maximum Gasteiger partial charge on any atom is 0.269 e. The molecule has 6 heteroatoms. The van der Waals surface area contributed by atoms with Crippen molar-refractivity contribution in [3.63, 3.8) is 0 Å². The second-order valence-corrected chi connectivity index (χ2v) is 5.40. The Morgan fingerprint density at radius 1 is 1.22 bits per heavy atom.